The van der Waals surface area contributed by atoms with Crippen molar-refractivity contribution in [2.75, 3.05) is 22.9 Å². The number of nitrogens with zero attached hydrogens (tertiary/aromatic N) is 3. The quantitative estimate of drug-likeness (QED) is 0.0371. The number of carbonyl (C=O) groups excluding carboxylic acids is 1. The number of amides is 1. The lowest BCUT2D eigenvalue weighted by Crippen LogP contribution is -2.10. The van der Waals surface area contributed by atoms with Crippen molar-refractivity contribution in [3.63, 3.8) is 0 Å². The maximum absolute atomic E-state index is 15.2. The van der Waals surface area contributed by atoms with Crippen molar-refractivity contribution in [1.82, 2.24) is 15.0 Å². The summed E-state index contributed by atoms with van der Waals surface area (Å²) in [6.07, 6.45) is 10.6. The number of anilines is 2. The molecule has 61 heavy (non-hydrogen) atoms. The normalized spacial score (nSPS) is 11.7. The van der Waals surface area contributed by atoms with E-state index < -0.39 is 29.3 Å². The molecule has 314 valence electrons. The molecule has 6 rings (SSSR count). The Labute approximate surface area is 373 Å². The smallest absolute Gasteiger partial charge is 0.345 e. The van der Waals surface area contributed by atoms with E-state index >= 15 is 4.39 Å². The average Bonchev–Trinajstić information content (AvgIpc) is 3.81. The molecule has 1 amide bonds. The predicted octanol–water partition coefficient (Wildman–Crippen LogP) is 12.2. The van der Waals surface area contributed by atoms with Crippen molar-refractivity contribution >= 4 is 98.9 Å². The number of aryl methyl sites for hydroxylation is 1. The second-order valence-electron chi connectivity index (χ2n) is 12.7. The minimum Gasteiger partial charge on any atom is -0.487 e. The largest absolute Gasteiger partial charge is 0.487 e. The molecule has 0 bridgehead atoms. The zero-order valence-corrected chi connectivity index (χ0v) is 36.1. The van der Waals surface area contributed by atoms with Crippen LogP contribution in [0, 0.1) is 17.0 Å². The molecule has 0 unspecified atom stereocenters. The molecule has 5 heterocycles. The molecule has 6 aromatic rings. The van der Waals surface area contributed by atoms with E-state index in [4.69, 9.17) is 49.7 Å². The fourth-order valence-corrected chi connectivity index (χ4v) is 8.45. The molecule has 0 aliphatic heterocycles. The highest BCUT2D eigenvalue weighted by atomic mass is 35.5. The minimum absolute atomic E-state index is 0.0578. The Balaban J connectivity index is 1.17. The highest BCUT2D eigenvalue weighted by Crippen LogP contribution is 2.41. The van der Waals surface area contributed by atoms with Crippen molar-refractivity contribution in [2.45, 2.75) is 19.4 Å². The van der Waals surface area contributed by atoms with E-state index in [1.54, 1.807) is 36.5 Å². The molecular formula is C41H30Cl3F3N6O5S3. The number of hydrogen-bond acceptors (Lipinski definition) is 12. The Morgan fingerprint density at radius 2 is 1.52 bits per heavy atom. The van der Waals surface area contributed by atoms with Crippen LogP contribution < -0.4 is 19.5 Å². The molecule has 0 aliphatic carbocycles. The van der Waals surface area contributed by atoms with Gasteiger partial charge >= 0.3 is 5.97 Å². The standard InChI is InChI=1S/C41H30Cl3F3N6O5S3/c1-59-53-29-9-24(42)8-28(11-29)52-40(54)34-12-30(38(43)60-34)36-32(58-20-23-6-26(46)17-49-15-23)7-21(16-50-36)3-2-4-25(45)5-22(14-48)19-57-33-10-27(47)18-51-37(33)31-13-35(41(55)56)61-39(31)44/h4-18,48,53H,2-3,19-20H2,1H3,(H,52,54)(H,55,56)/b22-5+,25-4?,48-14?. The van der Waals surface area contributed by atoms with E-state index in [1.807, 2.05) is 6.26 Å². The monoisotopic (exact) mass is 944 g/mol. The van der Waals surface area contributed by atoms with Crippen LogP contribution in [0.5, 0.6) is 11.5 Å². The first-order valence-electron chi connectivity index (χ1n) is 17.6. The maximum atomic E-state index is 15.2. The second kappa shape index (κ2) is 20.9. The lowest BCUT2D eigenvalue weighted by molar-refractivity contribution is 0.0702. The lowest BCUT2D eigenvalue weighted by atomic mass is 10.1. The zero-order valence-electron chi connectivity index (χ0n) is 31.4. The van der Waals surface area contributed by atoms with Crippen LogP contribution in [0.15, 0.2) is 96.9 Å². The van der Waals surface area contributed by atoms with Crippen LogP contribution in [0.25, 0.3) is 22.5 Å². The van der Waals surface area contributed by atoms with Crippen molar-refractivity contribution in [2.24, 2.45) is 0 Å². The fourth-order valence-electron chi connectivity index (χ4n) is 5.57. The van der Waals surface area contributed by atoms with Crippen molar-refractivity contribution in [1.29, 1.82) is 5.41 Å². The summed E-state index contributed by atoms with van der Waals surface area (Å²) < 4.78 is 58.6. The third kappa shape index (κ3) is 12.1. The second-order valence-corrected chi connectivity index (χ2v) is 17.0. The molecule has 0 saturated heterocycles. The van der Waals surface area contributed by atoms with Crippen LogP contribution >= 0.6 is 69.4 Å². The number of pyridine rings is 3. The number of halogens is 6. The molecule has 4 N–H and O–H groups in total. The number of ether oxygens (including phenoxy) is 2. The maximum Gasteiger partial charge on any atom is 0.345 e. The first-order valence-corrected chi connectivity index (χ1v) is 21.6. The first-order chi connectivity index (χ1) is 29.3. The van der Waals surface area contributed by atoms with Gasteiger partial charge in [-0.2, -0.15) is 0 Å². The number of nitrogens with one attached hydrogen (secondary N) is 3. The number of allylic oxidation sites excluding steroid dienone is 3. The SMILES string of the molecule is CSNc1cc(Cl)cc(NC(=O)c2cc(-c3ncc(CCC=C(F)/C=C(\C=N)COc4cc(F)cnc4-c4cc(C(=O)O)sc4Cl)cc3OCc3cncc(F)c3)c(Cl)s2)c1. The Kier molecular flexibility index (Phi) is 15.5. The van der Waals surface area contributed by atoms with Crippen LogP contribution in [0.1, 0.15) is 36.9 Å². The van der Waals surface area contributed by atoms with Gasteiger partial charge in [0.25, 0.3) is 5.91 Å². The third-order valence-corrected chi connectivity index (χ3v) is 11.6. The number of aromatic nitrogens is 3. The molecule has 11 nitrogen and oxygen atoms in total. The highest BCUT2D eigenvalue weighted by molar-refractivity contribution is 7.99. The van der Waals surface area contributed by atoms with Crippen molar-refractivity contribution in [3.8, 4) is 34.0 Å². The van der Waals surface area contributed by atoms with Gasteiger partial charge in [0.05, 0.1) is 17.3 Å². The average molecular weight is 946 g/mol. The molecule has 0 aliphatic rings. The van der Waals surface area contributed by atoms with Gasteiger partial charge in [0.2, 0.25) is 0 Å². The number of hydrogen-bond donors (Lipinski definition) is 4. The van der Waals surface area contributed by atoms with E-state index in [2.05, 4.69) is 25.0 Å². The van der Waals surface area contributed by atoms with Gasteiger partial charge < -0.3 is 30.0 Å². The number of rotatable bonds is 18. The van der Waals surface area contributed by atoms with E-state index in [0.29, 0.717) is 45.2 Å². The minimum atomic E-state index is -1.20. The van der Waals surface area contributed by atoms with E-state index in [9.17, 15) is 23.5 Å². The summed E-state index contributed by atoms with van der Waals surface area (Å²) in [5.41, 5.74) is 3.35. The first kappa shape index (κ1) is 45.1. The number of carboxylic acid groups (broad SMARTS) is 1. The number of benzene rings is 1. The molecule has 0 atom stereocenters. The Morgan fingerprint density at radius 1 is 0.852 bits per heavy atom. The van der Waals surface area contributed by atoms with Crippen molar-refractivity contribution < 1.29 is 37.3 Å². The van der Waals surface area contributed by atoms with Crippen molar-refractivity contribution in [3.05, 3.63) is 143 Å². The number of thiophene rings is 2. The van der Waals surface area contributed by atoms with Crippen LogP contribution in [0.3, 0.4) is 0 Å². The van der Waals surface area contributed by atoms with Crippen LogP contribution in [0.4, 0.5) is 24.5 Å². The topological polar surface area (TPSA) is 159 Å². The molecule has 5 aromatic heterocycles. The predicted molar refractivity (Wildman–Crippen MR) is 237 cm³/mol. The van der Waals surface area contributed by atoms with E-state index in [0.717, 1.165) is 53.4 Å². The molecule has 0 spiro atoms. The summed E-state index contributed by atoms with van der Waals surface area (Å²) in [7, 11) is 0. The Morgan fingerprint density at radius 3 is 2.21 bits per heavy atom. The van der Waals surface area contributed by atoms with Gasteiger partial charge in [-0.25, -0.2) is 22.9 Å². The Bertz CT molecular complexity index is 2680. The van der Waals surface area contributed by atoms with Crippen LogP contribution in [-0.2, 0) is 13.0 Å². The summed E-state index contributed by atoms with van der Waals surface area (Å²) in [5.74, 6) is -3.43. The molecule has 0 radical (unpaired) electrons. The Hall–Kier alpha value is -5.43. The van der Waals surface area contributed by atoms with Gasteiger partial charge in [0.1, 0.15) is 67.1 Å². The van der Waals surface area contributed by atoms with E-state index in [1.165, 1.54) is 36.4 Å². The number of carboxylic acids is 1. The molecular weight excluding hydrogens is 916 g/mol. The molecule has 20 heteroatoms. The fraction of sp³-hybridized carbons (Fsp3) is 0.122. The van der Waals surface area contributed by atoms with Gasteiger partial charge in [0, 0.05) is 69.6 Å². The van der Waals surface area contributed by atoms with Crippen LogP contribution in [-0.4, -0.2) is 51.0 Å². The summed E-state index contributed by atoms with van der Waals surface area (Å²) in [6, 6.07) is 11.9. The van der Waals surface area contributed by atoms with Gasteiger partial charge in [-0.15, -0.1) is 22.7 Å². The summed E-state index contributed by atoms with van der Waals surface area (Å²) >= 11 is 22.4. The van der Waals surface area contributed by atoms with Gasteiger partial charge in [0.15, 0.2) is 0 Å². The molecule has 0 fully saturated rings. The third-order valence-electron chi connectivity index (χ3n) is 8.25. The highest BCUT2D eigenvalue weighted by Gasteiger charge is 2.22. The van der Waals surface area contributed by atoms with Crippen LogP contribution in [0.2, 0.25) is 13.7 Å². The molecule has 0 saturated carbocycles. The summed E-state index contributed by atoms with van der Waals surface area (Å²) in [6.45, 7) is -0.432. The van der Waals surface area contributed by atoms with Gasteiger partial charge in [-0.3, -0.25) is 14.8 Å². The summed E-state index contributed by atoms with van der Waals surface area (Å²) in [4.78, 5) is 37.5. The molecule has 1 aromatic carbocycles. The number of carbonyl (C=O) groups is 2. The van der Waals surface area contributed by atoms with Gasteiger partial charge in [-0.1, -0.05) is 46.8 Å². The lowest BCUT2D eigenvalue weighted by Gasteiger charge is -2.12. The van der Waals surface area contributed by atoms with E-state index in [-0.39, 0.29) is 66.4 Å². The van der Waals surface area contributed by atoms with Gasteiger partial charge in [-0.05, 0) is 73.0 Å². The summed E-state index contributed by atoms with van der Waals surface area (Å²) in [5, 5.41) is 20.4. The number of aromatic carboxylic acids is 1. The zero-order chi connectivity index (χ0) is 43.6.